The van der Waals surface area contributed by atoms with E-state index in [9.17, 15) is 4.79 Å². The molecule has 0 aliphatic carbocycles. The van der Waals surface area contributed by atoms with Gasteiger partial charge in [0.05, 0.1) is 6.04 Å². The van der Waals surface area contributed by atoms with E-state index >= 15 is 0 Å². The van der Waals surface area contributed by atoms with Crippen LogP contribution in [0.15, 0.2) is 24.3 Å². The van der Waals surface area contributed by atoms with Gasteiger partial charge in [-0.2, -0.15) is 0 Å². The molecule has 1 aromatic rings. The van der Waals surface area contributed by atoms with E-state index in [0.717, 1.165) is 17.7 Å². The summed E-state index contributed by atoms with van der Waals surface area (Å²) in [4.78, 5) is 11.9. The lowest BCUT2D eigenvalue weighted by molar-refractivity contribution is -0.122. The Balaban J connectivity index is 0.00000200. The topological polar surface area (TPSA) is 50.4 Å². The van der Waals surface area contributed by atoms with Gasteiger partial charge in [0.2, 0.25) is 5.91 Å². The molecule has 0 aromatic heterocycles. The Morgan fingerprint density at radius 3 is 2.80 bits per heavy atom. The molecule has 0 saturated carbocycles. The summed E-state index contributed by atoms with van der Waals surface area (Å²) >= 11 is 0. The van der Waals surface area contributed by atoms with Crippen molar-refractivity contribution in [2.24, 2.45) is 0 Å². The summed E-state index contributed by atoms with van der Waals surface area (Å²) in [5.74, 6) is 0.949. The van der Waals surface area contributed by atoms with Crippen LogP contribution in [0.2, 0.25) is 0 Å². The molecule has 4 nitrogen and oxygen atoms in total. The SMILES string of the molecule is CNCCC(=O)NC1CC(C)(C)Oc2ccccc21.Cl. The molecule has 0 radical (unpaired) electrons. The highest BCUT2D eigenvalue weighted by atomic mass is 35.5. The molecule has 0 bridgehead atoms. The molecule has 1 aliphatic rings. The van der Waals surface area contributed by atoms with E-state index < -0.39 is 0 Å². The van der Waals surface area contributed by atoms with Gasteiger partial charge < -0.3 is 15.4 Å². The number of ether oxygens (including phenoxy) is 1. The highest BCUT2D eigenvalue weighted by Gasteiger charge is 2.34. The molecular formula is C15H23ClN2O2. The van der Waals surface area contributed by atoms with E-state index in [4.69, 9.17) is 4.74 Å². The van der Waals surface area contributed by atoms with Crippen LogP contribution in [0.5, 0.6) is 5.75 Å². The Labute approximate surface area is 126 Å². The monoisotopic (exact) mass is 298 g/mol. The van der Waals surface area contributed by atoms with Crippen molar-refractivity contribution in [3.63, 3.8) is 0 Å². The van der Waals surface area contributed by atoms with Crippen LogP contribution < -0.4 is 15.4 Å². The van der Waals surface area contributed by atoms with Gasteiger partial charge in [-0.05, 0) is 27.0 Å². The minimum Gasteiger partial charge on any atom is -0.487 e. The molecule has 0 saturated heterocycles. The third kappa shape index (κ3) is 4.12. The molecule has 112 valence electrons. The van der Waals surface area contributed by atoms with Crippen molar-refractivity contribution in [2.45, 2.75) is 38.3 Å². The first kappa shape index (κ1) is 16.8. The lowest BCUT2D eigenvalue weighted by Crippen LogP contribution is -2.41. The minimum absolute atomic E-state index is 0. The average molecular weight is 299 g/mol. The molecule has 1 aliphatic heterocycles. The zero-order chi connectivity index (χ0) is 13.9. The third-order valence-corrected chi connectivity index (χ3v) is 3.31. The summed E-state index contributed by atoms with van der Waals surface area (Å²) in [5.41, 5.74) is 0.814. The number of hydrogen-bond donors (Lipinski definition) is 2. The molecule has 5 heteroatoms. The number of fused-ring (bicyclic) bond motifs is 1. The fraction of sp³-hybridized carbons (Fsp3) is 0.533. The molecular weight excluding hydrogens is 276 g/mol. The van der Waals surface area contributed by atoms with E-state index in [-0.39, 0.29) is 30.0 Å². The number of nitrogens with one attached hydrogen (secondary N) is 2. The average Bonchev–Trinajstić information content (AvgIpc) is 2.35. The van der Waals surface area contributed by atoms with E-state index in [1.165, 1.54) is 0 Å². The molecule has 2 rings (SSSR count). The Morgan fingerprint density at radius 1 is 1.40 bits per heavy atom. The minimum atomic E-state index is -0.255. The normalized spacial score (nSPS) is 19.2. The Hall–Kier alpha value is -1.26. The van der Waals surface area contributed by atoms with E-state index in [1.807, 2.05) is 31.3 Å². The van der Waals surface area contributed by atoms with Crippen LogP contribution in [-0.4, -0.2) is 25.1 Å². The molecule has 1 amide bonds. The molecule has 20 heavy (non-hydrogen) atoms. The second-order valence-corrected chi connectivity index (χ2v) is 5.58. The first-order chi connectivity index (χ1) is 9.02. The van der Waals surface area contributed by atoms with Crippen molar-refractivity contribution in [3.8, 4) is 5.75 Å². The van der Waals surface area contributed by atoms with Crippen molar-refractivity contribution < 1.29 is 9.53 Å². The Morgan fingerprint density at radius 2 is 2.10 bits per heavy atom. The van der Waals surface area contributed by atoms with Crippen molar-refractivity contribution >= 4 is 18.3 Å². The van der Waals surface area contributed by atoms with Gasteiger partial charge in [0.25, 0.3) is 0 Å². The Kier molecular flexibility index (Phi) is 5.84. The van der Waals surface area contributed by atoms with Crippen LogP contribution in [-0.2, 0) is 4.79 Å². The fourth-order valence-electron chi connectivity index (χ4n) is 2.44. The number of halogens is 1. The molecule has 0 spiro atoms. The maximum Gasteiger partial charge on any atom is 0.221 e. The summed E-state index contributed by atoms with van der Waals surface area (Å²) in [6, 6.07) is 7.95. The van der Waals surface area contributed by atoms with Crippen LogP contribution in [0, 0.1) is 0 Å². The standard InChI is InChI=1S/C15H22N2O2.ClH/c1-15(2)10-12(17-14(18)8-9-16-3)11-6-4-5-7-13(11)19-15;/h4-7,12,16H,8-10H2,1-3H3,(H,17,18);1H. The lowest BCUT2D eigenvalue weighted by Gasteiger charge is -2.37. The number of hydrogen-bond acceptors (Lipinski definition) is 3. The number of para-hydroxylation sites is 1. The summed E-state index contributed by atoms with van der Waals surface area (Å²) in [6.45, 7) is 4.80. The fourth-order valence-corrected chi connectivity index (χ4v) is 2.44. The molecule has 0 fully saturated rings. The van der Waals surface area contributed by atoms with Crippen LogP contribution in [0.3, 0.4) is 0 Å². The van der Waals surface area contributed by atoms with Crippen LogP contribution in [0.4, 0.5) is 0 Å². The molecule has 1 heterocycles. The smallest absolute Gasteiger partial charge is 0.221 e. The van der Waals surface area contributed by atoms with Gasteiger partial charge in [0.1, 0.15) is 11.4 Å². The maximum absolute atomic E-state index is 11.9. The van der Waals surface area contributed by atoms with Crippen LogP contribution >= 0.6 is 12.4 Å². The quantitative estimate of drug-likeness (QED) is 0.897. The molecule has 1 aromatic carbocycles. The van der Waals surface area contributed by atoms with Crippen LogP contribution in [0.25, 0.3) is 0 Å². The van der Waals surface area contributed by atoms with Gasteiger partial charge in [0, 0.05) is 24.9 Å². The second kappa shape index (κ2) is 6.95. The van der Waals surface area contributed by atoms with Gasteiger partial charge in [-0.3, -0.25) is 4.79 Å². The maximum atomic E-state index is 11.9. The largest absolute Gasteiger partial charge is 0.487 e. The summed E-state index contributed by atoms with van der Waals surface area (Å²) in [7, 11) is 1.85. The first-order valence-electron chi connectivity index (χ1n) is 6.74. The van der Waals surface area contributed by atoms with Crippen molar-refractivity contribution in [1.29, 1.82) is 0 Å². The van der Waals surface area contributed by atoms with E-state index in [0.29, 0.717) is 13.0 Å². The predicted octanol–water partition coefficient (Wildman–Crippen LogP) is 2.44. The van der Waals surface area contributed by atoms with Gasteiger partial charge in [0.15, 0.2) is 0 Å². The van der Waals surface area contributed by atoms with Gasteiger partial charge in [-0.1, -0.05) is 18.2 Å². The summed E-state index contributed by atoms with van der Waals surface area (Å²) in [5, 5.41) is 6.09. The molecule has 2 N–H and O–H groups in total. The zero-order valence-corrected chi connectivity index (χ0v) is 13.0. The third-order valence-electron chi connectivity index (χ3n) is 3.31. The summed E-state index contributed by atoms with van der Waals surface area (Å²) in [6.07, 6.45) is 1.28. The number of carbonyl (C=O) groups is 1. The zero-order valence-electron chi connectivity index (χ0n) is 12.2. The van der Waals surface area contributed by atoms with Crippen molar-refractivity contribution in [1.82, 2.24) is 10.6 Å². The Bertz CT molecular complexity index is 463. The summed E-state index contributed by atoms with van der Waals surface area (Å²) < 4.78 is 5.95. The second-order valence-electron chi connectivity index (χ2n) is 5.58. The van der Waals surface area contributed by atoms with Gasteiger partial charge >= 0.3 is 0 Å². The van der Waals surface area contributed by atoms with Crippen LogP contribution in [0.1, 0.15) is 38.3 Å². The van der Waals surface area contributed by atoms with Crippen molar-refractivity contribution in [2.75, 3.05) is 13.6 Å². The molecule has 1 unspecified atom stereocenters. The predicted molar refractivity (Wildman–Crippen MR) is 82.4 cm³/mol. The number of carbonyl (C=O) groups excluding carboxylic acids is 1. The highest BCUT2D eigenvalue weighted by molar-refractivity contribution is 5.85. The number of amides is 1. The number of rotatable bonds is 4. The van der Waals surface area contributed by atoms with E-state index in [2.05, 4.69) is 24.5 Å². The molecule has 1 atom stereocenters. The van der Waals surface area contributed by atoms with Gasteiger partial charge in [-0.15, -0.1) is 12.4 Å². The van der Waals surface area contributed by atoms with E-state index in [1.54, 1.807) is 0 Å². The van der Waals surface area contributed by atoms with Gasteiger partial charge in [-0.25, -0.2) is 0 Å². The number of benzene rings is 1. The highest BCUT2D eigenvalue weighted by Crippen LogP contribution is 2.39. The van der Waals surface area contributed by atoms with Crippen molar-refractivity contribution in [3.05, 3.63) is 29.8 Å². The first-order valence-corrected chi connectivity index (χ1v) is 6.74. The lowest BCUT2D eigenvalue weighted by atomic mass is 9.89.